The molecule has 0 unspecified atom stereocenters. The Morgan fingerprint density at radius 3 is 2.57 bits per heavy atom. The van der Waals surface area contributed by atoms with Gasteiger partial charge in [0.15, 0.2) is 9.84 Å². The van der Waals surface area contributed by atoms with Crippen molar-refractivity contribution in [3.8, 4) is 5.75 Å². The van der Waals surface area contributed by atoms with Crippen LogP contribution in [0.25, 0.3) is 0 Å². The average Bonchev–Trinajstić information content (AvgIpc) is 2.41. The van der Waals surface area contributed by atoms with Gasteiger partial charge in [-0.15, -0.1) is 0 Å². The minimum absolute atomic E-state index is 0.143. The quantitative estimate of drug-likeness (QED) is 0.817. The summed E-state index contributed by atoms with van der Waals surface area (Å²) in [4.78, 5) is 7.67. The third-order valence-electron chi connectivity index (χ3n) is 2.55. The fourth-order valence-corrected chi connectivity index (χ4v) is 3.17. The summed E-state index contributed by atoms with van der Waals surface area (Å²) in [6.07, 6.45) is 4.17. The zero-order chi connectivity index (χ0) is 15.3. The van der Waals surface area contributed by atoms with Gasteiger partial charge in [0.05, 0.1) is 17.2 Å². The molecule has 1 aromatic heterocycles. The molecule has 0 aliphatic heterocycles. The molecule has 1 heterocycles. The van der Waals surface area contributed by atoms with Gasteiger partial charge < -0.3 is 4.74 Å². The Hall–Kier alpha value is -2.09. The molecular formula is C13H12F2N2O3S. The molecule has 1 aromatic carbocycles. The maximum absolute atomic E-state index is 12.3. The van der Waals surface area contributed by atoms with E-state index in [2.05, 4.69) is 14.7 Å². The standard InChI is InChI=1S/C13H12F2N2O3S/c14-13(15)20-12-4-2-1-3-10(12)8-21(18,19)9-11-7-16-5-6-17-11/h1-7,13H,8-9H2. The molecule has 8 heteroatoms. The fourth-order valence-electron chi connectivity index (χ4n) is 1.75. The molecule has 21 heavy (non-hydrogen) atoms. The second kappa shape index (κ2) is 6.57. The van der Waals surface area contributed by atoms with Crippen LogP contribution in [-0.4, -0.2) is 25.0 Å². The number of aromatic nitrogens is 2. The predicted octanol–water partition coefficient (Wildman–Crippen LogP) is 2.19. The zero-order valence-corrected chi connectivity index (χ0v) is 11.6. The van der Waals surface area contributed by atoms with Gasteiger partial charge in [0.2, 0.25) is 0 Å². The van der Waals surface area contributed by atoms with Crippen LogP contribution in [0.15, 0.2) is 42.9 Å². The van der Waals surface area contributed by atoms with E-state index in [0.717, 1.165) is 0 Å². The first-order valence-electron chi connectivity index (χ1n) is 5.94. The zero-order valence-electron chi connectivity index (χ0n) is 10.8. The van der Waals surface area contributed by atoms with E-state index in [1.807, 2.05) is 0 Å². The number of nitrogens with zero attached hydrogens (tertiary/aromatic N) is 2. The molecule has 0 aliphatic rings. The number of hydrogen-bond donors (Lipinski definition) is 0. The van der Waals surface area contributed by atoms with Crippen LogP contribution in [0.2, 0.25) is 0 Å². The van der Waals surface area contributed by atoms with E-state index in [1.165, 1.54) is 36.8 Å². The molecule has 112 valence electrons. The summed E-state index contributed by atoms with van der Waals surface area (Å²) in [7, 11) is -3.57. The molecule has 0 saturated carbocycles. The van der Waals surface area contributed by atoms with Crippen molar-refractivity contribution < 1.29 is 21.9 Å². The highest BCUT2D eigenvalue weighted by molar-refractivity contribution is 7.89. The molecule has 0 amide bonds. The summed E-state index contributed by atoms with van der Waals surface area (Å²) in [6, 6.07) is 5.80. The summed E-state index contributed by atoms with van der Waals surface area (Å²) in [6.45, 7) is -3.01. The Balaban J connectivity index is 2.17. The summed E-state index contributed by atoms with van der Waals surface area (Å²) in [5, 5.41) is 0. The number of hydrogen-bond acceptors (Lipinski definition) is 5. The van der Waals surface area contributed by atoms with Crippen LogP contribution in [0, 0.1) is 0 Å². The highest BCUT2D eigenvalue weighted by atomic mass is 32.2. The first-order chi connectivity index (χ1) is 9.96. The van der Waals surface area contributed by atoms with Crippen molar-refractivity contribution in [2.75, 3.05) is 0 Å². The summed E-state index contributed by atoms with van der Waals surface area (Å²) >= 11 is 0. The lowest BCUT2D eigenvalue weighted by atomic mass is 10.2. The van der Waals surface area contributed by atoms with Crippen LogP contribution in [0.4, 0.5) is 8.78 Å². The van der Waals surface area contributed by atoms with Crippen LogP contribution < -0.4 is 4.74 Å². The molecule has 0 atom stereocenters. The van der Waals surface area contributed by atoms with Crippen LogP contribution in [0.5, 0.6) is 5.75 Å². The maximum Gasteiger partial charge on any atom is 0.387 e. The molecule has 0 N–H and O–H groups in total. The second-order valence-electron chi connectivity index (χ2n) is 4.22. The molecule has 0 saturated heterocycles. The van der Waals surface area contributed by atoms with Crippen LogP contribution >= 0.6 is 0 Å². The Morgan fingerprint density at radius 1 is 1.14 bits per heavy atom. The third kappa shape index (κ3) is 4.75. The fraction of sp³-hybridized carbons (Fsp3) is 0.231. The van der Waals surface area contributed by atoms with E-state index in [0.29, 0.717) is 5.69 Å². The van der Waals surface area contributed by atoms with Crippen LogP contribution in [-0.2, 0) is 21.3 Å². The number of benzene rings is 1. The van der Waals surface area contributed by atoms with Crippen molar-refractivity contribution in [2.45, 2.75) is 18.1 Å². The van der Waals surface area contributed by atoms with E-state index < -0.39 is 22.2 Å². The lowest BCUT2D eigenvalue weighted by molar-refractivity contribution is -0.0503. The van der Waals surface area contributed by atoms with E-state index in [9.17, 15) is 17.2 Å². The highest BCUT2D eigenvalue weighted by Gasteiger charge is 2.18. The van der Waals surface area contributed by atoms with Gasteiger partial charge in [-0.3, -0.25) is 9.97 Å². The number of para-hydroxylation sites is 1. The van der Waals surface area contributed by atoms with Crippen molar-refractivity contribution in [1.29, 1.82) is 0 Å². The van der Waals surface area contributed by atoms with Gasteiger partial charge in [0.25, 0.3) is 0 Å². The summed E-state index contributed by atoms with van der Waals surface area (Å²) in [5.41, 5.74) is 0.478. The molecule has 2 rings (SSSR count). The normalized spacial score (nSPS) is 11.6. The van der Waals surface area contributed by atoms with Crippen molar-refractivity contribution in [3.63, 3.8) is 0 Å². The molecule has 0 fully saturated rings. The highest BCUT2D eigenvalue weighted by Crippen LogP contribution is 2.23. The van der Waals surface area contributed by atoms with Crippen molar-refractivity contribution >= 4 is 9.84 Å². The van der Waals surface area contributed by atoms with E-state index in [4.69, 9.17) is 0 Å². The molecule has 0 aliphatic carbocycles. The number of rotatable bonds is 6. The summed E-state index contributed by atoms with van der Waals surface area (Å²) < 4.78 is 53.1. The predicted molar refractivity (Wildman–Crippen MR) is 71.4 cm³/mol. The van der Waals surface area contributed by atoms with Gasteiger partial charge in [-0.05, 0) is 6.07 Å². The number of sulfone groups is 1. The lowest BCUT2D eigenvalue weighted by Gasteiger charge is -2.10. The van der Waals surface area contributed by atoms with Gasteiger partial charge >= 0.3 is 6.61 Å². The van der Waals surface area contributed by atoms with Crippen LogP contribution in [0.1, 0.15) is 11.3 Å². The van der Waals surface area contributed by atoms with E-state index >= 15 is 0 Å². The summed E-state index contributed by atoms with van der Waals surface area (Å²) in [5.74, 6) is -0.869. The van der Waals surface area contributed by atoms with Crippen molar-refractivity contribution in [3.05, 3.63) is 54.1 Å². The van der Waals surface area contributed by atoms with E-state index in [-0.39, 0.29) is 17.1 Å². The molecule has 0 radical (unpaired) electrons. The Labute approximate surface area is 120 Å². The third-order valence-corrected chi connectivity index (χ3v) is 4.03. The average molecular weight is 314 g/mol. The van der Waals surface area contributed by atoms with E-state index in [1.54, 1.807) is 6.07 Å². The minimum atomic E-state index is -3.57. The monoisotopic (exact) mass is 314 g/mol. The number of ether oxygens (including phenoxy) is 1. The Kier molecular flexibility index (Phi) is 4.79. The lowest BCUT2D eigenvalue weighted by Crippen LogP contribution is -2.11. The Bertz CT molecular complexity index is 694. The van der Waals surface area contributed by atoms with Gasteiger partial charge in [-0.2, -0.15) is 8.78 Å². The first-order valence-corrected chi connectivity index (χ1v) is 7.76. The van der Waals surface area contributed by atoms with Gasteiger partial charge in [0, 0.05) is 24.2 Å². The smallest absolute Gasteiger partial charge is 0.387 e. The van der Waals surface area contributed by atoms with Crippen molar-refractivity contribution in [2.24, 2.45) is 0 Å². The van der Waals surface area contributed by atoms with Crippen molar-refractivity contribution in [1.82, 2.24) is 9.97 Å². The first kappa shape index (κ1) is 15.3. The van der Waals surface area contributed by atoms with Gasteiger partial charge in [0.1, 0.15) is 5.75 Å². The second-order valence-corrected chi connectivity index (χ2v) is 6.28. The Morgan fingerprint density at radius 2 is 1.90 bits per heavy atom. The molecule has 2 aromatic rings. The number of alkyl halides is 2. The largest absolute Gasteiger partial charge is 0.435 e. The van der Waals surface area contributed by atoms with Gasteiger partial charge in [-0.1, -0.05) is 18.2 Å². The van der Waals surface area contributed by atoms with Gasteiger partial charge in [-0.25, -0.2) is 8.42 Å². The minimum Gasteiger partial charge on any atom is -0.435 e. The van der Waals surface area contributed by atoms with Crippen LogP contribution in [0.3, 0.4) is 0 Å². The molecule has 0 bridgehead atoms. The maximum atomic E-state index is 12.3. The molecular weight excluding hydrogens is 302 g/mol. The molecule has 0 spiro atoms. The number of halogens is 2. The SMILES string of the molecule is O=S(=O)(Cc1cnccn1)Cc1ccccc1OC(F)F. The molecule has 5 nitrogen and oxygen atoms in total. The topological polar surface area (TPSA) is 69.2 Å².